The third kappa shape index (κ3) is 6.60. The van der Waals surface area contributed by atoms with E-state index in [-0.39, 0.29) is 0 Å². The fraction of sp³-hybridized carbons (Fsp3) is 0.947. The Bertz CT molecular complexity index is 362. The first-order chi connectivity index (χ1) is 11.8. The lowest BCUT2D eigenvalue weighted by atomic mass is 9.67. The summed E-state index contributed by atoms with van der Waals surface area (Å²) >= 11 is 0. The number of aliphatic imine (C=N–C) groups is 1. The highest BCUT2D eigenvalue weighted by molar-refractivity contribution is 5.79. The predicted molar refractivity (Wildman–Crippen MR) is 102 cm³/mol. The highest BCUT2D eigenvalue weighted by Crippen LogP contribution is 2.44. The topological polar surface area (TPSA) is 48.9 Å². The molecule has 0 aromatic heterocycles. The summed E-state index contributed by atoms with van der Waals surface area (Å²) < 4.78 is 5.28. The quantitative estimate of drug-likeness (QED) is 0.345. The van der Waals surface area contributed by atoms with Crippen molar-refractivity contribution in [2.24, 2.45) is 10.4 Å². The molecule has 0 spiro atoms. The Morgan fingerprint density at radius 1 is 1.12 bits per heavy atom. The Morgan fingerprint density at radius 3 is 2.54 bits per heavy atom. The summed E-state index contributed by atoms with van der Waals surface area (Å²) in [5, 5.41) is 6.90. The van der Waals surface area contributed by atoms with Gasteiger partial charge in [-0.05, 0) is 76.9 Å². The summed E-state index contributed by atoms with van der Waals surface area (Å²) in [4.78, 5) is 7.46. The first-order valence-corrected chi connectivity index (χ1v) is 10.0. The number of ether oxygens (including phenoxy) is 1. The molecule has 140 valence electrons. The molecular formula is C19H38N4O. The van der Waals surface area contributed by atoms with Gasteiger partial charge in [-0.15, -0.1) is 0 Å². The molecule has 2 N–H and O–H groups in total. The summed E-state index contributed by atoms with van der Waals surface area (Å²) in [5.41, 5.74) is 0.397. The van der Waals surface area contributed by atoms with Crippen molar-refractivity contribution < 1.29 is 4.74 Å². The summed E-state index contributed by atoms with van der Waals surface area (Å²) in [6.07, 6.45) is 10.4. The smallest absolute Gasteiger partial charge is 0.191 e. The lowest BCUT2D eigenvalue weighted by molar-refractivity contribution is 0.0778. The van der Waals surface area contributed by atoms with Gasteiger partial charge >= 0.3 is 0 Å². The Hall–Kier alpha value is -0.810. The maximum Gasteiger partial charge on any atom is 0.191 e. The molecule has 0 amide bonds. The van der Waals surface area contributed by atoms with Gasteiger partial charge in [0.15, 0.2) is 5.96 Å². The van der Waals surface area contributed by atoms with Crippen molar-refractivity contribution in [3.05, 3.63) is 0 Å². The van der Waals surface area contributed by atoms with Gasteiger partial charge in [-0.25, -0.2) is 0 Å². The van der Waals surface area contributed by atoms with E-state index in [9.17, 15) is 0 Å². The third-order valence-corrected chi connectivity index (χ3v) is 5.56. The molecule has 0 aromatic rings. The summed E-state index contributed by atoms with van der Waals surface area (Å²) in [5.74, 6) is 0.988. The second-order valence-corrected chi connectivity index (χ2v) is 7.47. The van der Waals surface area contributed by atoms with Crippen LogP contribution in [0, 0.1) is 5.41 Å². The van der Waals surface area contributed by atoms with E-state index in [2.05, 4.69) is 22.5 Å². The van der Waals surface area contributed by atoms with Crippen LogP contribution >= 0.6 is 0 Å². The van der Waals surface area contributed by atoms with Crippen LogP contribution < -0.4 is 10.6 Å². The summed E-state index contributed by atoms with van der Waals surface area (Å²) in [7, 11) is 1.80. The number of likely N-dealkylation sites (tertiary alicyclic amines) is 1. The minimum Gasteiger partial charge on any atom is -0.385 e. The standard InChI is InChI=1S/C19H38N4O/c1-3-20-18(21-12-4-5-13-23-14-6-7-15-23)22-17-19(9-8-10-19)11-16-24-2/h3-17H2,1-2H3,(H2,20,21,22). The molecule has 0 radical (unpaired) electrons. The van der Waals surface area contributed by atoms with Gasteiger partial charge in [0.1, 0.15) is 0 Å². The van der Waals surface area contributed by atoms with E-state index < -0.39 is 0 Å². The minimum absolute atomic E-state index is 0.397. The number of unbranched alkanes of at least 4 members (excludes halogenated alkanes) is 1. The van der Waals surface area contributed by atoms with Crippen LogP contribution in [0.4, 0.5) is 0 Å². The van der Waals surface area contributed by atoms with E-state index in [1.807, 2.05) is 0 Å². The zero-order valence-corrected chi connectivity index (χ0v) is 15.9. The molecule has 0 aromatic carbocycles. The molecule has 1 saturated carbocycles. The van der Waals surface area contributed by atoms with Crippen LogP contribution in [0.5, 0.6) is 0 Å². The van der Waals surface area contributed by atoms with Crippen LogP contribution in [0.3, 0.4) is 0 Å². The number of rotatable bonds is 11. The SMILES string of the molecule is CCNC(=NCC1(CCOC)CCC1)NCCCCN1CCCC1. The van der Waals surface area contributed by atoms with E-state index >= 15 is 0 Å². The fourth-order valence-electron chi connectivity index (χ4n) is 3.74. The fourth-order valence-corrected chi connectivity index (χ4v) is 3.74. The highest BCUT2D eigenvalue weighted by atomic mass is 16.5. The maximum absolute atomic E-state index is 5.28. The Labute approximate surface area is 148 Å². The molecular weight excluding hydrogens is 300 g/mol. The van der Waals surface area contributed by atoms with E-state index in [0.717, 1.165) is 38.6 Å². The molecule has 0 bridgehead atoms. The molecule has 5 heteroatoms. The Morgan fingerprint density at radius 2 is 1.92 bits per heavy atom. The van der Waals surface area contributed by atoms with Crippen molar-refractivity contribution in [2.75, 3.05) is 53.0 Å². The van der Waals surface area contributed by atoms with Crippen LogP contribution in [-0.4, -0.2) is 63.8 Å². The monoisotopic (exact) mass is 338 g/mol. The maximum atomic E-state index is 5.28. The first kappa shape index (κ1) is 19.5. The molecule has 2 fully saturated rings. The van der Waals surface area contributed by atoms with Crippen LogP contribution in [0.15, 0.2) is 4.99 Å². The first-order valence-electron chi connectivity index (χ1n) is 10.0. The van der Waals surface area contributed by atoms with E-state index in [4.69, 9.17) is 9.73 Å². The lowest BCUT2D eigenvalue weighted by Crippen LogP contribution is -2.40. The van der Waals surface area contributed by atoms with Crippen molar-refractivity contribution >= 4 is 5.96 Å². The molecule has 0 atom stereocenters. The zero-order chi connectivity index (χ0) is 17.1. The van der Waals surface area contributed by atoms with Gasteiger partial charge in [-0.3, -0.25) is 4.99 Å². The van der Waals surface area contributed by atoms with E-state index in [1.165, 1.54) is 64.6 Å². The number of hydrogen-bond acceptors (Lipinski definition) is 3. The molecule has 1 heterocycles. The van der Waals surface area contributed by atoms with Crippen molar-refractivity contribution in [3.8, 4) is 0 Å². The summed E-state index contributed by atoms with van der Waals surface area (Å²) in [6.45, 7) is 9.73. The molecule has 2 aliphatic rings. The minimum atomic E-state index is 0.397. The van der Waals surface area contributed by atoms with Crippen LogP contribution in [-0.2, 0) is 4.74 Å². The molecule has 5 nitrogen and oxygen atoms in total. The number of nitrogens with zero attached hydrogens (tertiary/aromatic N) is 2. The number of methoxy groups -OCH3 is 1. The molecule has 1 saturated heterocycles. The molecule has 24 heavy (non-hydrogen) atoms. The highest BCUT2D eigenvalue weighted by Gasteiger charge is 2.36. The van der Waals surface area contributed by atoms with Gasteiger partial charge in [0, 0.05) is 33.4 Å². The molecule has 1 aliphatic heterocycles. The average molecular weight is 339 g/mol. The normalized spacial score (nSPS) is 20.8. The number of hydrogen-bond donors (Lipinski definition) is 2. The number of nitrogens with one attached hydrogen (secondary N) is 2. The van der Waals surface area contributed by atoms with Crippen molar-refractivity contribution in [2.45, 2.75) is 58.3 Å². The zero-order valence-electron chi connectivity index (χ0n) is 15.9. The third-order valence-electron chi connectivity index (χ3n) is 5.56. The second kappa shape index (κ2) is 10.9. The van der Waals surface area contributed by atoms with E-state index in [0.29, 0.717) is 5.41 Å². The van der Waals surface area contributed by atoms with Crippen LogP contribution in [0.25, 0.3) is 0 Å². The average Bonchev–Trinajstić information content (AvgIpc) is 3.06. The van der Waals surface area contributed by atoms with Gasteiger partial charge in [0.25, 0.3) is 0 Å². The van der Waals surface area contributed by atoms with Gasteiger partial charge < -0.3 is 20.3 Å². The second-order valence-electron chi connectivity index (χ2n) is 7.47. The Balaban J connectivity index is 1.65. The Kier molecular flexibility index (Phi) is 8.89. The van der Waals surface area contributed by atoms with Crippen LogP contribution in [0.1, 0.15) is 58.3 Å². The number of guanidine groups is 1. The van der Waals surface area contributed by atoms with Gasteiger partial charge in [0.2, 0.25) is 0 Å². The molecule has 2 rings (SSSR count). The summed E-state index contributed by atoms with van der Waals surface area (Å²) in [6, 6.07) is 0. The molecule has 1 aliphatic carbocycles. The predicted octanol–water partition coefficient (Wildman–Crippen LogP) is 2.62. The van der Waals surface area contributed by atoms with Crippen molar-refractivity contribution in [1.29, 1.82) is 0 Å². The van der Waals surface area contributed by atoms with Crippen molar-refractivity contribution in [1.82, 2.24) is 15.5 Å². The largest absolute Gasteiger partial charge is 0.385 e. The van der Waals surface area contributed by atoms with Crippen LogP contribution in [0.2, 0.25) is 0 Å². The lowest BCUT2D eigenvalue weighted by Gasteiger charge is -2.40. The van der Waals surface area contributed by atoms with E-state index in [1.54, 1.807) is 7.11 Å². The molecule has 0 unspecified atom stereocenters. The van der Waals surface area contributed by atoms with Crippen molar-refractivity contribution in [3.63, 3.8) is 0 Å². The van der Waals surface area contributed by atoms with Gasteiger partial charge in [-0.2, -0.15) is 0 Å². The van der Waals surface area contributed by atoms with Gasteiger partial charge in [-0.1, -0.05) is 6.42 Å². The van der Waals surface area contributed by atoms with Gasteiger partial charge in [0.05, 0.1) is 0 Å².